The Morgan fingerprint density at radius 2 is 1.68 bits per heavy atom. The first-order valence-corrected chi connectivity index (χ1v) is 10.9. The number of carbonyl (C=O) groups is 2. The van der Waals surface area contributed by atoms with Gasteiger partial charge in [0.2, 0.25) is 0 Å². The van der Waals surface area contributed by atoms with E-state index in [1.165, 1.54) is 5.56 Å². The number of methoxy groups -OCH3 is 1. The van der Waals surface area contributed by atoms with Gasteiger partial charge < -0.3 is 19.4 Å². The van der Waals surface area contributed by atoms with Crippen molar-refractivity contribution in [1.29, 1.82) is 0 Å². The maximum absolute atomic E-state index is 12.9. The number of Topliss-reactive ketones (excluding diaryl/α,β-unsaturated/α-hetero) is 1. The molecule has 1 fully saturated rings. The lowest BCUT2D eigenvalue weighted by Crippen LogP contribution is -2.48. The third-order valence-electron chi connectivity index (χ3n) is 5.90. The fourth-order valence-corrected chi connectivity index (χ4v) is 4.07. The molecule has 168 valence electrons. The van der Waals surface area contributed by atoms with Crippen molar-refractivity contribution in [3.63, 3.8) is 0 Å². The topological polar surface area (TPSA) is 74.9 Å². The Balaban J connectivity index is 1.48. The number of benzene rings is 1. The van der Waals surface area contributed by atoms with Crippen molar-refractivity contribution in [2.75, 3.05) is 53.0 Å². The number of aromatic nitrogens is 1. The number of ether oxygens (including phenoxy) is 2. The maximum atomic E-state index is 12.9. The lowest BCUT2D eigenvalue weighted by molar-refractivity contribution is 0.0525. The smallest absolute Gasteiger partial charge is 0.340 e. The number of piperazine rings is 1. The Kier molecular flexibility index (Phi) is 7.87. The first-order chi connectivity index (χ1) is 14.9. The van der Waals surface area contributed by atoms with Crippen LogP contribution in [0, 0.1) is 13.8 Å². The van der Waals surface area contributed by atoms with Crippen molar-refractivity contribution in [3.05, 3.63) is 52.3 Å². The number of aromatic amines is 1. The summed E-state index contributed by atoms with van der Waals surface area (Å²) in [4.78, 5) is 32.8. The molecule has 0 atom stereocenters. The fraction of sp³-hybridized carbons (Fsp3) is 0.500. The molecule has 2 aromatic rings. The van der Waals surface area contributed by atoms with Crippen LogP contribution in [0.2, 0.25) is 0 Å². The fourth-order valence-electron chi connectivity index (χ4n) is 4.07. The third-order valence-corrected chi connectivity index (χ3v) is 5.90. The van der Waals surface area contributed by atoms with Crippen LogP contribution in [0.4, 0.5) is 0 Å². The van der Waals surface area contributed by atoms with Gasteiger partial charge in [-0.15, -0.1) is 0 Å². The van der Waals surface area contributed by atoms with Crippen molar-refractivity contribution in [1.82, 2.24) is 14.8 Å². The number of rotatable bonds is 9. The molecule has 1 aromatic carbocycles. The van der Waals surface area contributed by atoms with E-state index in [9.17, 15) is 9.59 Å². The van der Waals surface area contributed by atoms with Gasteiger partial charge in [-0.1, -0.05) is 12.1 Å². The number of aryl methyl sites for hydroxylation is 1. The Hall–Kier alpha value is -2.64. The van der Waals surface area contributed by atoms with Gasteiger partial charge in [0.1, 0.15) is 5.75 Å². The van der Waals surface area contributed by atoms with Crippen molar-refractivity contribution < 1.29 is 19.1 Å². The molecule has 31 heavy (non-hydrogen) atoms. The molecule has 0 aliphatic carbocycles. The molecule has 0 radical (unpaired) electrons. The molecule has 1 saturated heterocycles. The van der Waals surface area contributed by atoms with E-state index in [0.29, 0.717) is 35.7 Å². The van der Waals surface area contributed by atoms with E-state index in [1.54, 1.807) is 27.9 Å². The number of hydrogen-bond donors (Lipinski definition) is 1. The first-order valence-electron chi connectivity index (χ1n) is 10.9. The van der Waals surface area contributed by atoms with Crippen LogP contribution in [0.5, 0.6) is 5.75 Å². The number of carbonyl (C=O) groups excluding carboxylic acids is 2. The van der Waals surface area contributed by atoms with Crippen molar-refractivity contribution in [3.8, 4) is 5.75 Å². The van der Waals surface area contributed by atoms with E-state index in [4.69, 9.17) is 9.47 Å². The summed E-state index contributed by atoms with van der Waals surface area (Å²) in [5.41, 5.74) is 3.66. The molecule has 0 bridgehead atoms. The number of ketones is 1. The zero-order chi connectivity index (χ0) is 22.4. The molecule has 0 saturated carbocycles. The van der Waals surface area contributed by atoms with Crippen LogP contribution in [-0.4, -0.2) is 79.5 Å². The van der Waals surface area contributed by atoms with E-state index in [0.717, 1.165) is 44.9 Å². The third kappa shape index (κ3) is 5.74. The molecule has 0 spiro atoms. The summed E-state index contributed by atoms with van der Waals surface area (Å²) in [5, 5.41) is 0. The summed E-state index contributed by atoms with van der Waals surface area (Å²) in [7, 11) is 1.68. The highest BCUT2D eigenvalue weighted by molar-refractivity contribution is 6.02. The van der Waals surface area contributed by atoms with Crippen LogP contribution < -0.4 is 4.74 Å². The van der Waals surface area contributed by atoms with E-state index >= 15 is 0 Å². The second-order valence-corrected chi connectivity index (χ2v) is 7.98. The van der Waals surface area contributed by atoms with Crippen LogP contribution in [0.3, 0.4) is 0 Å². The van der Waals surface area contributed by atoms with Crippen molar-refractivity contribution in [2.24, 2.45) is 0 Å². The normalized spacial score (nSPS) is 15.1. The van der Waals surface area contributed by atoms with Gasteiger partial charge >= 0.3 is 5.97 Å². The summed E-state index contributed by atoms with van der Waals surface area (Å²) in [6.07, 6.45) is 1.00. The second kappa shape index (κ2) is 10.6. The van der Waals surface area contributed by atoms with Crippen LogP contribution in [0.15, 0.2) is 24.3 Å². The molecular formula is C24H33N3O4. The van der Waals surface area contributed by atoms with Gasteiger partial charge in [-0.2, -0.15) is 0 Å². The first kappa shape index (κ1) is 23.0. The number of H-pyrrole nitrogens is 1. The van der Waals surface area contributed by atoms with E-state index < -0.39 is 0 Å². The molecule has 1 aliphatic heterocycles. The molecule has 7 heteroatoms. The molecule has 1 N–H and O–H groups in total. The quantitative estimate of drug-likeness (QED) is 0.490. The Bertz CT molecular complexity index is 896. The zero-order valence-corrected chi connectivity index (χ0v) is 19.0. The molecular weight excluding hydrogens is 394 g/mol. The van der Waals surface area contributed by atoms with Crippen molar-refractivity contribution in [2.45, 2.75) is 27.2 Å². The predicted molar refractivity (Wildman–Crippen MR) is 120 cm³/mol. The average Bonchev–Trinajstić information content (AvgIpc) is 3.08. The van der Waals surface area contributed by atoms with Crippen LogP contribution >= 0.6 is 0 Å². The SMILES string of the molecule is CCOC(=O)c1c(C)[nH]c(C(=O)CN2CCN(CCc3ccc(OC)cc3)CC2)c1C. The van der Waals surface area contributed by atoms with Gasteiger partial charge in [-0.3, -0.25) is 9.69 Å². The highest BCUT2D eigenvalue weighted by Crippen LogP contribution is 2.20. The van der Waals surface area contributed by atoms with Gasteiger partial charge in [-0.05, 0) is 50.5 Å². The van der Waals surface area contributed by atoms with E-state index in [2.05, 4.69) is 26.9 Å². The monoisotopic (exact) mass is 427 g/mol. The summed E-state index contributed by atoms with van der Waals surface area (Å²) in [6.45, 7) is 10.7. The van der Waals surface area contributed by atoms with Gasteiger partial charge in [-0.25, -0.2) is 4.79 Å². The zero-order valence-electron chi connectivity index (χ0n) is 19.0. The molecule has 1 aliphatic rings. The minimum Gasteiger partial charge on any atom is -0.497 e. The number of esters is 1. The van der Waals surface area contributed by atoms with Gasteiger partial charge in [0, 0.05) is 38.4 Å². The average molecular weight is 428 g/mol. The summed E-state index contributed by atoms with van der Waals surface area (Å²) < 4.78 is 10.3. The Morgan fingerprint density at radius 1 is 1.03 bits per heavy atom. The van der Waals surface area contributed by atoms with E-state index in [-0.39, 0.29) is 11.8 Å². The standard InChI is InChI=1S/C24H33N3O4/c1-5-31-24(29)22-17(2)23(25-18(22)3)21(28)16-27-14-12-26(13-15-27)11-10-19-6-8-20(30-4)9-7-19/h6-9,25H,5,10-16H2,1-4H3. The van der Waals surface area contributed by atoms with Crippen LogP contribution in [0.25, 0.3) is 0 Å². The van der Waals surface area contributed by atoms with Crippen LogP contribution in [0.1, 0.15) is 44.6 Å². The van der Waals surface area contributed by atoms with Gasteiger partial charge in [0.15, 0.2) is 5.78 Å². The Morgan fingerprint density at radius 3 is 2.29 bits per heavy atom. The maximum Gasteiger partial charge on any atom is 0.340 e. The molecule has 7 nitrogen and oxygen atoms in total. The lowest BCUT2D eigenvalue weighted by Gasteiger charge is -2.34. The second-order valence-electron chi connectivity index (χ2n) is 7.98. The highest BCUT2D eigenvalue weighted by atomic mass is 16.5. The van der Waals surface area contributed by atoms with E-state index in [1.807, 2.05) is 12.1 Å². The Labute approximate surface area is 184 Å². The summed E-state index contributed by atoms with van der Waals surface area (Å²) in [6, 6.07) is 8.21. The number of nitrogens with one attached hydrogen (secondary N) is 1. The molecule has 0 amide bonds. The lowest BCUT2D eigenvalue weighted by atomic mass is 10.1. The minimum absolute atomic E-state index is 0.0165. The minimum atomic E-state index is -0.377. The van der Waals surface area contributed by atoms with Gasteiger partial charge in [0.25, 0.3) is 0 Å². The molecule has 3 rings (SSSR count). The molecule has 0 unspecified atom stereocenters. The number of hydrogen-bond acceptors (Lipinski definition) is 6. The summed E-state index contributed by atoms with van der Waals surface area (Å²) >= 11 is 0. The number of nitrogens with zero attached hydrogens (tertiary/aromatic N) is 2. The van der Waals surface area contributed by atoms with Gasteiger partial charge in [0.05, 0.1) is 31.5 Å². The largest absolute Gasteiger partial charge is 0.497 e. The van der Waals surface area contributed by atoms with Crippen molar-refractivity contribution >= 4 is 11.8 Å². The molecule has 2 heterocycles. The van der Waals surface area contributed by atoms with Crippen LogP contribution in [-0.2, 0) is 11.2 Å². The predicted octanol–water partition coefficient (Wildman–Crippen LogP) is 2.86. The highest BCUT2D eigenvalue weighted by Gasteiger charge is 2.25. The molecule has 1 aromatic heterocycles. The summed E-state index contributed by atoms with van der Waals surface area (Å²) in [5.74, 6) is 0.519.